The number of benzene rings is 1. The highest BCUT2D eigenvalue weighted by molar-refractivity contribution is 5.82. The quantitative estimate of drug-likeness (QED) is 0.824. The molecular formula is C12H13F2NO. The molecule has 0 aliphatic rings. The zero-order valence-corrected chi connectivity index (χ0v) is 8.71. The topological polar surface area (TPSA) is 36.0 Å². The first-order valence-corrected chi connectivity index (χ1v) is 5.16. The molecule has 2 aromatic rings. The molecule has 0 spiro atoms. The summed E-state index contributed by atoms with van der Waals surface area (Å²) in [5.74, 6) is -2.99. The largest absolute Gasteiger partial charge is 0.390 e. The van der Waals surface area contributed by atoms with Gasteiger partial charge in [-0.15, -0.1) is 0 Å². The summed E-state index contributed by atoms with van der Waals surface area (Å²) in [6.07, 6.45) is 1.68. The van der Waals surface area contributed by atoms with E-state index in [1.807, 2.05) is 24.3 Å². The van der Waals surface area contributed by atoms with Gasteiger partial charge < -0.3 is 10.1 Å². The van der Waals surface area contributed by atoms with E-state index in [1.165, 1.54) is 0 Å². The van der Waals surface area contributed by atoms with Crippen LogP contribution in [0.2, 0.25) is 0 Å². The highest BCUT2D eigenvalue weighted by Gasteiger charge is 2.27. The minimum Gasteiger partial charge on any atom is -0.390 e. The third-order valence-electron chi connectivity index (χ3n) is 2.67. The van der Waals surface area contributed by atoms with Crippen LogP contribution in [0.5, 0.6) is 0 Å². The molecule has 2 N–H and O–H groups in total. The molecule has 0 amide bonds. The van der Waals surface area contributed by atoms with Crippen molar-refractivity contribution in [1.82, 2.24) is 4.98 Å². The normalized spacial score (nSPS) is 12.2. The number of hydrogen-bond donors (Lipinski definition) is 2. The van der Waals surface area contributed by atoms with Crippen LogP contribution in [-0.2, 0) is 6.42 Å². The summed E-state index contributed by atoms with van der Waals surface area (Å²) < 4.78 is 25.8. The summed E-state index contributed by atoms with van der Waals surface area (Å²) in [5.41, 5.74) is 1.81. The minimum atomic E-state index is -2.99. The summed E-state index contributed by atoms with van der Waals surface area (Å²) in [7, 11) is 0. The molecule has 2 rings (SSSR count). The number of hydrogen-bond acceptors (Lipinski definition) is 1. The Kier molecular flexibility index (Phi) is 2.92. The molecule has 1 aromatic heterocycles. The summed E-state index contributed by atoms with van der Waals surface area (Å²) in [4.78, 5) is 3.04. The van der Waals surface area contributed by atoms with Gasteiger partial charge in [0.1, 0.15) is 6.61 Å². The molecule has 0 bridgehead atoms. The highest BCUT2D eigenvalue weighted by atomic mass is 19.3. The van der Waals surface area contributed by atoms with E-state index >= 15 is 0 Å². The fourth-order valence-electron chi connectivity index (χ4n) is 1.74. The highest BCUT2D eigenvalue weighted by Crippen LogP contribution is 2.24. The Morgan fingerprint density at radius 3 is 2.75 bits per heavy atom. The molecular weight excluding hydrogens is 212 g/mol. The molecule has 0 fully saturated rings. The molecule has 1 heterocycles. The second-order valence-corrected chi connectivity index (χ2v) is 3.87. The monoisotopic (exact) mass is 225 g/mol. The molecule has 0 saturated carbocycles. The lowest BCUT2D eigenvalue weighted by Crippen LogP contribution is -2.21. The zero-order chi connectivity index (χ0) is 11.6. The number of alkyl halides is 2. The van der Waals surface area contributed by atoms with E-state index in [2.05, 4.69) is 4.98 Å². The molecule has 0 radical (unpaired) electrons. The maximum atomic E-state index is 12.9. The molecule has 86 valence electrons. The van der Waals surface area contributed by atoms with Crippen molar-refractivity contribution in [2.75, 3.05) is 6.61 Å². The predicted octanol–water partition coefficient (Wildman–Crippen LogP) is 2.73. The Morgan fingerprint density at radius 1 is 1.25 bits per heavy atom. The van der Waals surface area contributed by atoms with Crippen LogP contribution in [0.4, 0.5) is 8.78 Å². The first-order valence-electron chi connectivity index (χ1n) is 5.16. The molecule has 0 aliphatic heterocycles. The number of aromatic amines is 1. The Labute approximate surface area is 91.9 Å². The average molecular weight is 225 g/mol. The number of fused-ring (bicyclic) bond motifs is 1. The van der Waals surface area contributed by atoms with Gasteiger partial charge in [0.15, 0.2) is 0 Å². The number of aromatic nitrogens is 1. The van der Waals surface area contributed by atoms with Gasteiger partial charge in [-0.1, -0.05) is 18.2 Å². The van der Waals surface area contributed by atoms with Gasteiger partial charge in [-0.25, -0.2) is 8.78 Å². The van der Waals surface area contributed by atoms with Crippen LogP contribution in [0.25, 0.3) is 10.9 Å². The van der Waals surface area contributed by atoms with Crippen LogP contribution >= 0.6 is 0 Å². The Balaban J connectivity index is 2.16. The van der Waals surface area contributed by atoms with Gasteiger partial charge in [0.2, 0.25) is 0 Å². The second-order valence-electron chi connectivity index (χ2n) is 3.87. The maximum Gasteiger partial charge on any atom is 0.271 e. The van der Waals surface area contributed by atoms with Crippen LogP contribution in [0.15, 0.2) is 30.5 Å². The van der Waals surface area contributed by atoms with E-state index in [9.17, 15) is 8.78 Å². The number of aryl methyl sites for hydroxylation is 1. The predicted molar refractivity (Wildman–Crippen MR) is 58.7 cm³/mol. The first-order chi connectivity index (χ1) is 7.62. The minimum absolute atomic E-state index is 0.261. The third kappa shape index (κ3) is 2.22. The smallest absolute Gasteiger partial charge is 0.271 e. The van der Waals surface area contributed by atoms with Crippen molar-refractivity contribution >= 4 is 10.9 Å². The number of aliphatic hydroxyl groups is 1. The third-order valence-corrected chi connectivity index (χ3v) is 2.67. The number of halogens is 2. The van der Waals surface area contributed by atoms with Crippen molar-refractivity contribution in [3.05, 3.63) is 36.0 Å². The van der Waals surface area contributed by atoms with E-state index in [-0.39, 0.29) is 12.8 Å². The van der Waals surface area contributed by atoms with Crippen molar-refractivity contribution < 1.29 is 13.9 Å². The Bertz CT molecular complexity index is 479. The Morgan fingerprint density at radius 2 is 2.00 bits per heavy atom. The molecule has 0 aliphatic carbocycles. The SMILES string of the molecule is OCC(F)(F)CCc1c[nH]c2ccccc12. The van der Waals surface area contributed by atoms with Crippen molar-refractivity contribution in [1.29, 1.82) is 0 Å². The lowest BCUT2D eigenvalue weighted by molar-refractivity contribution is -0.0557. The van der Waals surface area contributed by atoms with E-state index in [1.54, 1.807) is 6.20 Å². The van der Waals surface area contributed by atoms with Crippen molar-refractivity contribution in [3.8, 4) is 0 Å². The van der Waals surface area contributed by atoms with E-state index in [0.717, 1.165) is 16.5 Å². The van der Waals surface area contributed by atoms with E-state index in [0.29, 0.717) is 0 Å². The van der Waals surface area contributed by atoms with Crippen molar-refractivity contribution in [2.45, 2.75) is 18.8 Å². The second kappa shape index (κ2) is 4.22. The lowest BCUT2D eigenvalue weighted by atomic mass is 10.1. The number of nitrogens with one attached hydrogen (secondary N) is 1. The lowest BCUT2D eigenvalue weighted by Gasteiger charge is -2.11. The molecule has 1 aromatic carbocycles. The number of H-pyrrole nitrogens is 1. The average Bonchev–Trinajstić information content (AvgIpc) is 2.70. The van der Waals surface area contributed by atoms with Gasteiger partial charge in [-0.05, 0) is 18.1 Å². The number of para-hydroxylation sites is 1. The zero-order valence-electron chi connectivity index (χ0n) is 8.71. The Hall–Kier alpha value is -1.42. The van der Waals surface area contributed by atoms with Gasteiger partial charge in [0, 0.05) is 23.5 Å². The van der Waals surface area contributed by atoms with Crippen LogP contribution < -0.4 is 0 Å². The number of rotatable bonds is 4. The van der Waals surface area contributed by atoms with E-state index in [4.69, 9.17) is 5.11 Å². The molecule has 0 unspecified atom stereocenters. The summed E-state index contributed by atoms with van der Waals surface area (Å²) in [5, 5.41) is 9.45. The fraction of sp³-hybridized carbons (Fsp3) is 0.333. The van der Waals surface area contributed by atoms with Gasteiger partial charge in [0.05, 0.1) is 0 Å². The van der Waals surface area contributed by atoms with E-state index < -0.39 is 12.5 Å². The van der Waals surface area contributed by atoms with Crippen molar-refractivity contribution in [3.63, 3.8) is 0 Å². The maximum absolute atomic E-state index is 12.9. The van der Waals surface area contributed by atoms with Crippen LogP contribution in [-0.4, -0.2) is 22.6 Å². The number of aliphatic hydroxyl groups excluding tert-OH is 1. The van der Waals surface area contributed by atoms with Gasteiger partial charge in [0.25, 0.3) is 5.92 Å². The van der Waals surface area contributed by atoms with Gasteiger partial charge in [-0.2, -0.15) is 0 Å². The van der Waals surface area contributed by atoms with Crippen LogP contribution in [0, 0.1) is 0 Å². The van der Waals surface area contributed by atoms with Gasteiger partial charge >= 0.3 is 0 Å². The van der Waals surface area contributed by atoms with Crippen molar-refractivity contribution in [2.24, 2.45) is 0 Å². The molecule has 4 heteroatoms. The standard InChI is InChI=1S/C12H13F2NO/c13-12(14,8-16)6-5-9-7-15-11-4-2-1-3-10(9)11/h1-4,7,15-16H,5-6,8H2. The first kappa shape index (κ1) is 11.1. The molecule has 0 saturated heterocycles. The van der Waals surface area contributed by atoms with Crippen LogP contribution in [0.3, 0.4) is 0 Å². The summed E-state index contributed by atoms with van der Waals surface area (Å²) in [6, 6.07) is 7.58. The molecule has 0 atom stereocenters. The molecule has 2 nitrogen and oxygen atoms in total. The van der Waals surface area contributed by atoms with Gasteiger partial charge in [-0.3, -0.25) is 0 Å². The summed E-state index contributed by atoms with van der Waals surface area (Å²) >= 11 is 0. The summed E-state index contributed by atoms with van der Waals surface area (Å²) in [6.45, 7) is -1.09. The van der Waals surface area contributed by atoms with Crippen LogP contribution in [0.1, 0.15) is 12.0 Å². The fourth-order valence-corrected chi connectivity index (χ4v) is 1.74. The molecule has 16 heavy (non-hydrogen) atoms.